The molecule has 1 aliphatic heterocycles. The Balaban J connectivity index is 1.27. The van der Waals surface area contributed by atoms with E-state index in [1.807, 2.05) is 30.4 Å². The Morgan fingerprint density at radius 3 is 2.44 bits per heavy atom. The number of carbonyl (C=O) groups is 3. The number of para-hydroxylation sites is 1. The third-order valence-electron chi connectivity index (χ3n) is 6.46. The fourth-order valence-corrected chi connectivity index (χ4v) is 5.33. The summed E-state index contributed by atoms with van der Waals surface area (Å²) >= 11 is 3.46. The van der Waals surface area contributed by atoms with Crippen molar-refractivity contribution in [3.05, 3.63) is 64.7 Å². The van der Waals surface area contributed by atoms with Crippen molar-refractivity contribution in [2.24, 2.45) is 28.8 Å². The van der Waals surface area contributed by atoms with Crippen molar-refractivity contribution >= 4 is 45.6 Å². The standard InChI is InChI=1S/C25H22BrN3O5/c1-33-19-10-16(12-27-29-24(31)22-14-7-8-15(9-14)23(22)25(29)32)18(26)11-20(19)34-13-21(30)28-17-5-3-2-4-6-17/h2-8,10-12,14-15,22-23H,9,13H2,1H3,(H,28,30)/t14-,15-,22-,23+/m0/s1. The Kier molecular flexibility index (Phi) is 5.95. The van der Waals surface area contributed by atoms with Gasteiger partial charge in [0.2, 0.25) is 0 Å². The molecule has 2 aromatic rings. The van der Waals surface area contributed by atoms with Crippen LogP contribution in [-0.2, 0) is 14.4 Å². The Morgan fingerprint density at radius 2 is 1.79 bits per heavy atom. The molecule has 2 bridgehead atoms. The number of methoxy groups -OCH3 is 1. The van der Waals surface area contributed by atoms with E-state index in [0.717, 1.165) is 11.4 Å². The van der Waals surface area contributed by atoms with Gasteiger partial charge in [0.15, 0.2) is 18.1 Å². The third-order valence-corrected chi connectivity index (χ3v) is 7.15. The highest BCUT2D eigenvalue weighted by Gasteiger charge is 2.59. The molecule has 2 fully saturated rings. The van der Waals surface area contributed by atoms with Crippen LogP contribution < -0.4 is 14.8 Å². The molecular formula is C25H22BrN3O5. The maximum Gasteiger partial charge on any atom is 0.262 e. The SMILES string of the molecule is COc1cc(C=NN2C(=O)[C@@H]3[C@H](C2=O)[C@H]2C=C[C@H]3C2)c(Br)cc1OCC(=O)Nc1ccccc1. The van der Waals surface area contributed by atoms with Gasteiger partial charge in [-0.3, -0.25) is 14.4 Å². The Bertz CT molecular complexity index is 1180. The Morgan fingerprint density at radius 1 is 1.12 bits per heavy atom. The van der Waals surface area contributed by atoms with Gasteiger partial charge in [-0.2, -0.15) is 10.1 Å². The van der Waals surface area contributed by atoms with Gasteiger partial charge < -0.3 is 14.8 Å². The van der Waals surface area contributed by atoms with E-state index in [0.29, 0.717) is 27.2 Å². The molecular weight excluding hydrogens is 502 g/mol. The van der Waals surface area contributed by atoms with Gasteiger partial charge in [0, 0.05) is 15.7 Å². The van der Waals surface area contributed by atoms with Crippen molar-refractivity contribution in [1.29, 1.82) is 0 Å². The monoisotopic (exact) mass is 523 g/mol. The quantitative estimate of drug-likeness (QED) is 0.339. The van der Waals surface area contributed by atoms with Crippen LogP contribution in [0.4, 0.5) is 5.69 Å². The first-order valence-corrected chi connectivity index (χ1v) is 11.7. The third kappa shape index (κ3) is 4.00. The number of allylic oxidation sites excluding steroid dienone is 2. The van der Waals surface area contributed by atoms with Crippen molar-refractivity contribution in [2.45, 2.75) is 6.42 Å². The highest BCUT2D eigenvalue weighted by Crippen LogP contribution is 2.52. The van der Waals surface area contributed by atoms with Crippen LogP contribution in [0.3, 0.4) is 0 Å². The maximum atomic E-state index is 12.8. The van der Waals surface area contributed by atoms with Gasteiger partial charge in [0.25, 0.3) is 17.7 Å². The van der Waals surface area contributed by atoms with Crippen molar-refractivity contribution in [1.82, 2.24) is 5.01 Å². The lowest BCUT2D eigenvalue weighted by Crippen LogP contribution is -2.28. The second-order valence-corrected chi connectivity index (χ2v) is 9.31. The van der Waals surface area contributed by atoms with E-state index in [1.54, 1.807) is 24.3 Å². The minimum atomic E-state index is -0.310. The molecule has 0 aromatic heterocycles. The number of benzene rings is 2. The van der Waals surface area contributed by atoms with Crippen LogP contribution in [0.25, 0.3) is 0 Å². The molecule has 5 rings (SSSR count). The topological polar surface area (TPSA) is 97.3 Å². The molecule has 9 heteroatoms. The number of amides is 3. The molecule has 0 radical (unpaired) electrons. The van der Waals surface area contributed by atoms with Crippen LogP contribution in [0, 0.1) is 23.7 Å². The molecule has 1 heterocycles. The highest BCUT2D eigenvalue weighted by atomic mass is 79.9. The Hall–Kier alpha value is -3.46. The summed E-state index contributed by atoms with van der Waals surface area (Å²) in [6.07, 6.45) is 6.41. The fraction of sp³-hybridized carbons (Fsp3) is 0.280. The van der Waals surface area contributed by atoms with Gasteiger partial charge in [-0.25, -0.2) is 0 Å². The average Bonchev–Trinajstić information content (AvgIpc) is 3.52. The molecule has 8 nitrogen and oxygen atoms in total. The molecule has 4 atom stereocenters. The minimum absolute atomic E-state index is 0.133. The predicted octanol–water partition coefficient (Wildman–Crippen LogP) is 3.62. The molecule has 1 N–H and O–H groups in total. The first-order chi connectivity index (χ1) is 16.5. The van der Waals surface area contributed by atoms with Gasteiger partial charge >= 0.3 is 0 Å². The number of rotatable bonds is 7. The number of nitrogens with one attached hydrogen (secondary N) is 1. The smallest absolute Gasteiger partial charge is 0.262 e. The Labute approximate surface area is 204 Å². The van der Waals surface area contributed by atoms with E-state index in [1.165, 1.54) is 13.3 Å². The van der Waals surface area contributed by atoms with E-state index in [9.17, 15) is 14.4 Å². The molecule has 1 saturated carbocycles. The summed E-state index contributed by atoms with van der Waals surface area (Å²) < 4.78 is 11.7. The van der Waals surface area contributed by atoms with Gasteiger partial charge in [-0.1, -0.05) is 30.4 Å². The number of hydrogen-bond donors (Lipinski definition) is 1. The average molecular weight is 524 g/mol. The molecule has 0 spiro atoms. The number of carbonyl (C=O) groups excluding carboxylic acids is 3. The zero-order chi connectivity index (χ0) is 23.8. The summed E-state index contributed by atoms with van der Waals surface area (Å²) in [6.45, 7) is -0.207. The van der Waals surface area contributed by atoms with Gasteiger partial charge in [-0.05, 0) is 58.5 Å². The number of hydrazone groups is 1. The largest absolute Gasteiger partial charge is 0.493 e. The van der Waals surface area contributed by atoms with Crippen molar-refractivity contribution in [3.63, 3.8) is 0 Å². The van der Waals surface area contributed by atoms with Crippen molar-refractivity contribution < 1.29 is 23.9 Å². The van der Waals surface area contributed by atoms with Crippen LogP contribution in [0.1, 0.15) is 12.0 Å². The summed E-state index contributed by atoms with van der Waals surface area (Å²) in [5.41, 5.74) is 1.27. The predicted molar refractivity (Wildman–Crippen MR) is 128 cm³/mol. The lowest BCUT2D eigenvalue weighted by atomic mass is 9.85. The molecule has 1 saturated heterocycles. The molecule has 2 aromatic carbocycles. The molecule has 3 amide bonds. The lowest BCUT2D eigenvalue weighted by Gasteiger charge is -2.14. The zero-order valence-corrected chi connectivity index (χ0v) is 19.9. The molecule has 34 heavy (non-hydrogen) atoms. The normalized spacial score (nSPS) is 24.7. The van der Waals surface area contributed by atoms with E-state index in [2.05, 4.69) is 26.3 Å². The molecule has 2 aliphatic carbocycles. The van der Waals surface area contributed by atoms with Crippen LogP contribution in [0.15, 0.2) is 64.2 Å². The second-order valence-electron chi connectivity index (χ2n) is 8.46. The number of halogens is 1. The number of imide groups is 1. The van der Waals surface area contributed by atoms with Gasteiger partial charge in [0.05, 0.1) is 25.2 Å². The second kappa shape index (κ2) is 9.06. The van der Waals surface area contributed by atoms with E-state index < -0.39 is 0 Å². The maximum absolute atomic E-state index is 12.8. The number of nitrogens with zero attached hydrogens (tertiary/aromatic N) is 2. The summed E-state index contributed by atoms with van der Waals surface area (Å²) in [7, 11) is 1.48. The van der Waals surface area contributed by atoms with Crippen LogP contribution in [0.2, 0.25) is 0 Å². The minimum Gasteiger partial charge on any atom is -0.493 e. The molecule has 3 aliphatic rings. The zero-order valence-electron chi connectivity index (χ0n) is 18.3. The van der Waals surface area contributed by atoms with E-state index >= 15 is 0 Å². The van der Waals surface area contributed by atoms with Crippen LogP contribution in [0.5, 0.6) is 11.5 Å². The molecule has 0 unspecified atom stereocenters. The summed E-state index contributed by atoms with van der Waals surface area (Å²) in [5.74, 6) is -0.370. The number of hydrogen-bond acceptors (Lipinski definition) is 6. The summed E-state index contributed by atoms with van der Waals surface area (Å²) in [4.78, 5) is 37.8. The number of ether oxygens (including phenoxy) is 2. The van der Waals surface area contributed by atoms with Crippen molar-refractivity contribution in [2.75, 3.05) is 19.0 Å². The van der Waals surface area contributed by atoms with Gasteiger partial charge in [-0.15, -0.1) is 0 Å². The first kappa shape index (κ1) is 22.3. The van der Waals surface area contributed by atoms with E-state index in [4.69, 9.17) is 9.47 Å². The van der Waals surface area contributed by atoms with E-state index in [-0.39, 0.29) is 48.0 Å². The van der Waals surface area contributed by atoms with Crippen molar-refractivity contribution in [3.8, 4) is 11.5 Å². The number of anilines is 1. The summed E-state index contributed by atoms with van der Waals surface area (Å²) in [5, 5.41) is 7.96. The van der Waals surface area contributed by atoms with Crippen LogP contribution in [-0.4, -0.2) is 42.7 Å². The lowest BCUT2D eigenvalue weighted by molar-refractivity contribution is -0.140. The highest BCUT2D eigenvalue weighted by molar-refractivity contribution is 9.10. The summed E-state index contributed by atoms with van der Waals surface area (Å²) in [6, 6.07) is 12.4. The number of fused-ring (bicyclic) bond motifs is 5. The van der Waals surface area contributed by atoms with Gasteiger partial charge in [0.1, 0.15) is 0 Å². The first-order valence-electron chi connectivity index (χ1n) is 10.9. The fourth-order valence-electron chi connectivity index (χ4n) is 4.90. The molecule has 174 valence electrons. The van der Waals surface area contributed by atoms with Crippen LogP contribution >= 0.6 is 15.9 Å².